The van der Waals surface area contributed by atoms with Gasteiger partial charge in [0.05, 0.1) is 31.8 Å². The van der Waals surface area contributed by atoms with Crippen LogP contribution in [0.1, 0.15) is 51.8 Å². The number of fused-ring (bicyclic) bond motifs is 1. The summed E-state index contributed by atoms with van der Waals surface area (Å²) in [6, 6.07) is 5.45. The van der Waals surface area contributed by atoms with Crippen molar-refractivity contribution in [3.63, 3.8) is 0 Å². The number of thiophene rings is 1. The Morgan fingerprint density at radius 3 is 2.55 bits per heavy atom. The average molecular weight is 602 g/mol. The van der Waals surface area contributed by atoms with Gasteiger partial charge in [0.2, 0.25) is 5.91 Å². The molecule has 0 spiro atoms. The van der Waals surface area contributed by atoms with Crippen molar-refractivity contribution in [1.29, 1.82) is 0 Å². The van der Waals surface area contributed by atoms with E-state index in [9.17, 15) is 23.9 Å². The molecule has 11 nitrogen and oxygen atoms in total. The lowest BCUT2D eigenvalue weighted by Gasteiger charge is -2.28. The summed E-state index contributed by atoms with van der Waals surface area (Å²) in [5.74, 6) is -0.726. The number of rotatable bonds is 11. The van der Waals surface area contributed by atoms with Gasteiger partial charge in [-0.25, -0.2) is 18.4 Å². The van der Waals surface area contributed by atoms with Crippen LogP contribution in [0.5, 0.6) is 5.75 Å². The monoisotopic (exact) mass is 601 g/mol. The Morgan fingerprint density at radius 1 is 1.24 bits per heavy atom. The van der Waals surface area contributed by atoms with Crippen molar-refractivity contribution >= 4 is 27.5 Å². The van der Waals surface area contributed by atoms with Gasteiger partial charge in [-0.3, -0.25) is 14.2 Å². The van der Waals surface area contributed by atoms with Gasteiger partial charge in [-0.15, -0.1) is 0 Å². The number of halogens is 1. The summed E-state index contributed by atoms with van der Waals surface area (Å²) in [5.41, 5.74) is -2.04. The van der Waals surface area contributed by atoms with Crippen molar-refractivity contribution in [1.82, 2.24) is 24.2 Å². The molecule has 1 aromatic carbocycles. The van der Waals surface area contributed by atoms with Gasteiger partial charge in [0.15, 0.2) is 0 Å². The SMILES string of the molecule is COc1ccc(F)cc1[C@H](Cn1c(=O)n(C(C)(C)C(=O)NC(C)C)c(=O)c2c(C)c(-n3cccn3)sc21)OC[C@@H](C)O. The quantitative estimate of drug-likeness (QED) is 0.270. The molecule has 3 aromatic heterocycles. The standard InChI is InChI=1S/C29H36FN5O6S/c1-16(2)32-27(38)29(5,6)35-24(37)23-18(4)25(34-12-8-11-31-34)42-26(23)33(28(35)39)14-22(41-15-17(3)36)20-13-19(30)9-10-21(20)40-7/h8-13,16-17,22,36H,14-15H2,1-7H3,(H,32,38)/t17-,22+/m1/s1. The molecule has 2 atom stereocenters. The summed E-state index contributed by atoms with van der Waals surface area (Å²) in [6.45, 7) is 9.60. The number of nitrogens with one attached hydrogen (secondary N) is 1. The average Bonchev–Trinajstić information content (AvgIpc) is 3.56. The highest BCUT2D eigenvalue weighted by molar-refractivity contribution is 7.21. The molecule has 0 aliphatic rings. The molecule has 1 amide bonds. The fourth-order valence-corrected chi connectivity index (χ4v) is 6.00. The van der Waals surface area contributed by atoms with E-state index in [0.717, 1.165) is 4.57 Å². The zero-order valence-electron chi connectivity index (χ0n) is 24.7. The number of aromatic nitrogens is 4. The second-order valence-electron chi connectivity index (χ2n) is 10.9. The minimum Gasteiger partial charge on any atom is -0.496 e. The summed E-state index contributed by atoms with van der Waals surface area (Å²) >= 11 is 1.19. The number of nitrogens with zero attached hydrogens (tertiary/aromatic N) is 4. The van der Waals surface area contributed by atoms with Crippen LogP contribution < -0.4 is 21.3 Å². The molecule has 4 rings (SSSR count). The van der Waals surface area contributed by atoms with E-state index >= 15 is 0 Å². The number of aryl methyl sites for hydroxylation is 1. The highest BCUT2D eigenvalue weighted by atomic mass is 32.1. The summed E-state index contributed by atoms with van der Waals surface area (Å²) in [4.78, 5) is 42.0. The minimum absolute atomic E-state index is 0.119. The molecule has 0 aliphatic heterocycles. The summed E-state index contributed by atoms with van der Waals surface area (Å²) in [6.07, 6.45) is 1.50. The van der Waals surface area contributed by atoms with Gasteiger partial charge in [-0.2, -0.15) is 5.10 Å². The number of hydrogen-bond donors (Lipinski definition) is 2. The van der Waals surface area contributed by atoms with Gasteiger partial charge in [-0.05, 0) is 65.8 Å². The topological polar surface area (TPSA) is 130 Å². The number of carbonyl (C=O) groups is 1. The molecule has 0 aliphatic carbocycles. The maximum absolute atomic E-state index is 14.5. The van der Waals surface area contributed by atoms with E-state index < -0.39 is 40.7 Å². The van der Waals surface area contributed by atoms with Crippen molar-refractivity contribution in [2.24, 2.45) is 0 Å². The van der Waals surface area contributed by atoms with E-state index in [0.29, 0.717) is 26.7 Å². The number of benzene rings is 1. The smallest absolute Gasteiger partial charge is 0.333 e. The van der Waals surface area contributed by atoms with Gasteiger partial charge < -0.3 is 19.9 Å². The third-order valence-electron chi connectivity index (χ3n) is 6.86. The lowest BCUT2D eigenvalue weighted by atomic mass is 10.0. The number of carbonyl (C=O) groups excluding carboxylic acids is 1. The second-order valence-corrected chi connectivity index (χ2v) is 11.9. The Morgan fingerprint density at radius 2 is 1.95 bits per heavy atom. The van der Waals surface area contributed by atoms with Crippen LogP contribution in [0.15, 0.2) is 46.2 Å². The number of aliphatic hydroxyl groups excluding tert-OH is 1. The fourth-order valence-electron chi connectivity index (χ4n) is 4.76. The molecule has 42 heavy (non-hydrogen) atoms. The molecule has 3 heterocycles. The minimum atomic E-state index is -1.57. The van der Waals surface area contributed by atoms with Gasteiger partial charge >= 0.3 is 5.69 Å². The van der Waals surface area contributed by atoms with Crippen LogP contribution >= 0.6 is 11.3 Å². The largest absolute Gasteiger partial charge is 0.496 e. The number of ether oxygens (including phenoxy) is 2. The molecule has 0 saturated carbocycles. The van der Waals surface area contributed by atoms with Crippen LogP contribution in [0.25, 0.3) is 15.2 Å². The van der Waals surface area contributed by atoms with Gasteiger partial charge in [0.25, 0.3) is 5.56 Å². The van der Waals surface area contributed by atoms with E-state index in [2.05, 4.69) is 10.4 Å². The summed E-state index contributed by atoms with van der Waals surface area (Å²) in [5, 5.41) is 18.0. The maximum atomic E-state index is 14.5. The van der Waals surface area contributed by atoms with Crippen LogP contribution in [0, 0.1) is 12.7 Å². The Balaban J connectivity index is 2.03. The molecule has 2 N–H and O–H groups in total. The van der Waals surface area contributed by atoms with Crippen molar-refractivity contribution in [2.45, 2.75) is 71.9 Å². The molecular formula is C29H36FN5O6S. The van der Waals surface area contributed by atoms with Gasteiger partial charge in [0.1, 0.15) is 33.0 Å². The predicted octanol–water partition coefficient (Wildman–Crippen LogP) is 3.26. The lowest BCUT2D eigenvalue weighted by molar-refractivity contribution is -0.129. The van der Waals surface area contributed by atoms with E-state index in [1.165, 1.54) is 55.1 Å². The van der Waals surface area contributed by atoms with Gasteiger partial charge in [0, 0.05) is 29.6 Å². The first-order valence-electron chi connectivity index (χ1n) is 13.5. The molecular weight excluding hydrogens is 565 g/mol. The van der Waals surface area contributed by atoms with E-state index in [1.54, 1.807) is 50.8 Å². The van der Waals surface area contributed by atoms with Crippen molar-refractivity contribution < 1.29 is 23.8 Å². The normalized spacial score (nSPS) is 13.5. The number of hydrogen-bond acceptors (Lipinski definition) is 8. The molecule has 0 bridgehead atoms. The summed E-state index contributed by atoms with van der Waals surface area (Å²) < 4.78 is 29.9. The third kappa shape index (κ3) is 5.90. The van der Waals surface area contributed by atoms with Crippen molar-refractivity contribution in [3.05, 3.63) is 74.4 Å². The first-order valence-corrected chi connectivity index (χ1v) is 14.3. The third-order valence-corrected chi connectivity index (χ3v) is 8.16. The molecule has 226 valence electrons. The maximum Gasteiger partial charge on any atom is 0.333 e. The number of amides is 1. The predicted molar refractivity (Wildman–Crippen MR) is 158 cm³/mol. The lowest BCUT2D eigenvalue weighted by Crippen LogP contribution is -2.56. The van der Waals surface area contributed by atoms with Crippen molar-refractivity contribution in [3.8, 4) is 10.8 Å². The second kappa shape index (κ2) is 12.2. The first-order chi connectivity index (χ1) is 19.8. The first kappa shape index (κ1) is 31.1. The van der Waals surface area contributed by atoms with Crippen LogP contribution in [0.4, 0.5) is 4.39 Å². The Kier molecular flexibility index (Phi) is 9.04. The number of aliphatic hydroxyl groups is 1. The zero-order chi connectivity index (χ0) is 30.9. The molecule has 0 unspecified atom stereocenters. The molecule has 0 radical (unpaired) electrons. The van der Waals surface area contributed by atoms with Crippen LogP contribution in [0.3, 0.4) is 0 Å². The summed E-state index contributed by atoms with van der Waals surface area (Å²) in [7, 11) is 1.43. The highest BCUT2D eigenvalue weighted by Crippen LogP contribution is 2.34. The van der Waals surface area contributed by atoms with Crippen molar-refractivity contribution in [2.75, 3.05) is 13.7 Å². The Bertz CT molecular complexity index is 1700. The molecule has 4 aromatic rings. The van der Waals surface area contributed by atoms with Gasteiger partial charge in [-0.1, -0.05) is 11.3 Å². The fraction of sp³-hybridized carbons (Fsp3) is 0.448. The van der Waals surface area contributed by atoms with E-state index in [4.69, 9.17) is 9.47 Å². The Hall–Kier alpha value is -3.81. The van der Waals surface area contributed by atoms with E-state index in [1.807, 2.05) is 0 Å². The molecule has 0 saturated heterocycles. The highest BCUT2D eigenvalue weighted by Gasteiger charge is 2.36. The van der Waals surface area contributed by atoms with Crippen LogP contribution in [-0.2, 0) is 21.6 Å². The van der Waals surface area contributed by atoms with Crippen LogP contribution in [-0.4, -0.2) is 55.8 Å². The van der Waals surface area contributed by atoms with Crippen LogP contribution in [0.2, 0.25) is 0 Å². The molecule has 13 heteroatoms. The zero-order valence-corrected chi connectivity index (χ0v) is 25.5. The number of methoxy groups -OCH3 is 1. The van der Waals surface area contributed by atoms with E-state index in [-0.39, 0.29) is 24.6 Å². The molecule has 0 fully saturated rings. The Labute approximate surface area is 246 Å².